The van der Waals surface area contributed by atoms with Crippen LogP contribution in [0.5, 0.6) is 5.75 Å². The van der Waals surface area contributed by atoms with Crippen molar-refractivity contribution in [2.45, 2.75) is 24.2 Å². The summed E-state index contributed by atoms with van der Waals surface area (Å²) in [5.41, 5.74) is 0. The molecule has 0 bridgehead atoms. The van der Waals surface area contributed by atoms with Crippen LogP contribution in [-0.4, -0.2) is 47.7 Å². The summed E-state index contributed by atoms with van der Waals surface area (Å²) in [7, 11) is 1.64. The van der Waals surface area contributed by atoms with Crippen molar-refractivity contribution in [1.29, 1.82) is 0 Å². The van der Waals surface area contributed by atoms with Gasteiger partial charge in [0, 0.05) is 36.4 Å². The maximum absolute atomic E-state index is 12.6. The van der Waals surface area contributed by atoms with Gasteiger partial charge in [-0.15, -0.1) is 11.8 Å². The smallest absolute Gasteiger partial charge is 0.230 e. The second kappa shape index (κ2) is 10.5. The highest BCUT2D eigenvalue weighted by molar-refractivity contribution is 7.99. The Kier molecular flexibility index (Phi) is 7.77. The quantitative estimate of drug-likeness (QED) is 0.665. The summed E-state index contributed by atoms with van der Waals surface area (Å²) < 4.78 is 5.15. The molecule has 2 heterocycles. The van der Waals surface area contributed by atoms with Crippen molar-refractivity contribution in [3.05, 3.63) is 47.6 Å². The number of nitrogens with zero attached hydrogens (tertiary/aromatic N) is 2. The number of hydrogen-bond acceptors (Lipinski definition) is 5. The summed E-state index contributed by atoms with van der Waals surface area (Å²) in [6.45, 7) is 1.15. The van der Waals surface area contributed by atoms with Crippen molar-refractivity contribution in [1.82, 2.24) is 9.88 Å². The number of amides is 2. The van der Waals surface area contributed by atoms with Gasteiger partial charge >= 0.3 is 0 Å². The molecule has 1 fully saturated rings. The Morgan fingerprint density at radius 2 is 2.07 bits per heavy atom. The Morgan fingerprint density at radius 3 is 2.76 bits per heavy atom. The largest absolute Gasteiger partial charge is 0.497 e. The van der Waals surface area contributed by atoms with Crippen LogP contribution in [0.15, 0.2) is 47.5 Å². The van der Waals surface area contributed by atoms with Crippen LogP contribution in [0.1, 0.15) is 19.3 Å². The molecule has 2 amide bonds. The molecule has 8 heteroatoms. The third kappa shape index (κ3) is 6.37. The molecule has 1 unspecified atom stereocenters. The molecule has 154 valence electrons. The van der Waals surface area contributed by atoms with Crippen molar-refractivity contribution >= 4 is 41.0 Å². The van der Waals surface area contributed by atoms with Crippen molar-refractivity contribution in [3.63, 3.8) is 0 Å². The average molecular weight is 434 g/mol. The van der Waals surface area contributed by atoms with Crippen LogP contribution in [-0.2, 0) is 9.59 Å². The molecule has 1 saturated heterocycles. The number of pyridine rings is 1. The molecule has 1 atom stereocenters. The molecule has 29 heavy (non-hydrogen) atoms. The van der Waals surface area contributed by atoms with E-state index in [-0.39, 0.29) is 17.7 Å². The lowest BCUT2D eigenvalue weighted by molar-refractivity contribution is -0.134. The molecule has 1 N–H and O–H groups in total. The zero-order chi connectivity index (χ0) is 20.6. The number of carbonyl (C=O) groups is 2. The first kappa shape index (κ1) is 21.5. The van der Waals surface area contributed by atoms with Crippen molar-refractivity contribution in [2.75, 3.05) is 31.3 Å². The lowest BCUT2D eigenvalue weighted by Gasteiger charge is -2.32. The Morgan fingerprint density at radius 1 is 1.28 bits per heavy atom. The molecule has 6 nitrogen and oxygen atoms in total. The van der Waals surface area contributed by atoms with Gasteiger partial charge in [-0.05, 0) is 49.2 Å². The number of halogens is 1. The molecule has 0 saturated carbocycles. The molecule has 1 aromatic carbocycles. The first-order chi connectivity index (χ1) is 14.0. The van der Waals surface area contributed by atoms with E-state index in [0.717, 1.165) is 23.5 Å². The van der Waals surface area contributed by atoms with Gasteiger partial charge < -0.3 is 15.0 Å². The van der Waals surface area contributed by atoms with E-state index in [1.807, 2.05) is 24.3 Å². The number of thioether (sulfide) groups is 1. The van der Waals surface area contributed by atoms with Gasteiger partial charge in [0.05, 0.1) is 18.1 Å². The van der Waals surface area contributed by atoms with E-state index in [1.54, 1.807) is 35.9 Å². The van der Waals surface area contributed by atoms with Gasteiger partial charge in [0.1, 0.15) is 11.6 Å². The van der Waals surface area contributed by atoms with Crippen molar-refractivity contribution < 1.29 is 14.3 Å². The minimum atomic E-state index is -0.223. The molecular weight excluding hydrogens is 410 g/mol. The first-order valence-corrected chi connectivity index (χ1v) is 10.9. The summed E-state index contributed by atoms with van der Waals surface area (Å²) in [6, 6.07) is 11.1. The lowest BCUT2D eigenvalue weighted by atomic mass is 9.97. The molecular formula is C21H24ClN3O3S. The number of ether oxygens (including phenoxy) is 1. The Labute approximate surface area is 180 Å². The highest BCUT2D eigenvalue weighted by Crippen LogP contribution is 2.23. The van der Waals surface area contributed by atoms with E-state index >= 15 is 0 Å². The normalized spacial score (nSPS) is 16.3. The van der Waals surface area contributed by atoms with Gasteiger partial charge in [0.15, 0.2) is 0 Å². The second-order valence-corrected chi connectivity index (χ2v) is 8.41. The fourth-order valence-electron chi connectivity index (χ4n) is 3.18. The standard InChI is InChI=1S/C21H24ClN3O3S/c1-28-17-5-7-18(8-6-17)29-12-10-20(26)25-11-2-3-15(14-25)21(27)24-19-9-4-16(22)13-23-19/h4-9,13,15H,2-3,10-12,14H2,1H3,(H,23,24,27). The topological polar surface area (TPSA) is 71.5 Å². The summed E-state index contributed by atoms with van der Waals surface area (Å²) in [5.74, 6) is 1.75. The van der Waals surface area contributed by atoms with E-state index < -0.39 is 0 Å². The number of benzene rings is 1. The second-order valence-electron chi connectivity index (χ2n) is 6.80. The number of rotatable bonds is 7. The molecule has 1 aromatic heterocycles. The number of hydrogen-bond donors (Lipinski definition) is 1. The summed E-state index contributed by atoms with van der Waals surface area (Å²) in [5, 5.41) is 3.33. The summed E-state index contributed by atoms with van der Waals surface area (Å²) in [4.78, 5) is 32.1. The predicted octanol–water partition coefficient (Wildman–Crippen LogP) is 4.10. The highest BCUT2D eigenvalue weighted by atomic mass is 35.5. The number of anilines is 1. The van der Waals surface area contributed by atoms with Crippen LogP contribution >= 0.6 is 23.4 Å². The van der Waals surface area contributed by atoms with Crippen molar-refractivity contribution in [3.8, 4) is 5.75 Å². The number of methoxy groups -OCH3 is 1. The zero-order valence-electron chi connectivity index (χ0n) is 16.3. The van der Waals surface area contributed by atoms with E-state index in [4.69, 9.17) is 16.3 Å². The Bertz CT molecular complexity index is 830. The van der Waals surface area contributed by atoms with Gasteiger partial charge in [-0.2, -0.15) is 0 Å². The predicted molar refractivity (Wildman–Crippen MR) is 116 cm³/mol. The van der Waals surface area contributed by atoms with Gasteiger partial charge in [0.25, 0.3) is 0 Å². The van der Waals surface area contributed by atoms with Crippen LogP contribution < -0.4 is 10.1 Å². The van der Waals surface area contributed by atoms with Gasteiger partial charge in [-0.1, -0.05) is 11.6 Å². The third-order valence-corrected chi connectivity index (χ3v) is 6.00. The maximum Gasteiger partial charge on any atom is 0.230 e. The fraction of sp³-hybridized carbons (Fsp3) is 0.381. The van der Waals surface area contributed by atoms with E-state index in [9.17, 15) is 9.59 Å². The van der Waals surface area contributed by atoms with Crippen LogP contribution in [0.25, 0.3) is 0 Å². The highest BCUT2D eigenvalue weighted by Gasteiger charge is 2.28. The van der Waals surface area contributed by atoms with Gasteiger partial charge in [-0.25, -0.2) is 4.98 Å². The summed E-state index contributed by atoms with van der Waals surface area (Å²) >= 11 is 7.46. The summed E-state index contributed by atoms with van der Waals surface area (Å²) in [6.07, 6.45) is 3.53. The van der Waals surface area contributed by atoms with E-state index in [1.165, 1.54) is 6.20 Å². The van der Waals surface area contributed by atoms with Crippen LogP contribution in [0.4, 0.5) is 5.82 Å². The molecule has 0 spiro atoms. The van der Waals surface area contributed by atoms with Crippen LogP contribution in [0.3, 0.4) is 0 Å². The lowest BCUT2D eigenvalue weighted by Crippen LogP contribution is -2.43. The number of carbonyl (C=O) groups excluding carboxylic acids is 2. The Hall–Kier alpha value is -2.25. The molecule has 0 radical (unpaired) electrons. The third-order valence-electron chi connectivity index (χ3n) is 4.77. The van der Waals surface area contributed by atoms with Gasteiger partial charge in [-0.3, -0.25) is 9.59 Å². The average Bonchev–Trinajstić information content (AvgIpc) is 2.76. The molecule has 1 aliphatic heterocycles. The van der Waals surface area contributed by atoms with Crippen LogP contribution in [0.2, 0.25) is 5.02 Å². The van der Waals surface area contributed by atoms with E-state index in [0.29, 0.717) is 36.1 Å². The number of likely N-dealkylation sites (tertiary alicyclic amines) is 1. The molecule has 0 aliphatic carbocycles. The van der Waals surface area contributed by atoms with Gasteiger partial charge in [0.2, 0.25) is 11.8 Å². The molecule has 3 rings (SSSR count). The van der Waals surface area contributed by atoms with E-state index in [2.05, 4.69) is 10.3 Å². The minimum Gasteiger partial charge on any atom is -0.497 e. The van der Waals surface area contributed by atoms with Crippen molar-refractivity contribution in [2.24, 2.45) is 5.92 Å². The molecule has 2 aromatic rings. The SMILES string of the molecule is COc1ccc(SCCC(=O)N2CCCC(C(=O)Nc3ccc(Cl)cn3)C2)cc1. The fourth-order valence-corrected chi connectivity index (χ4v) is 4.13. The zero-order valence-corrected chi connectivity index (χ0v) is 17.8. The number of nitrogens with one attached hydrogen (secondary N) is 1. The van der Waals surface area contributed by atoms with Crippen LogP contribution in [0, 0.1) is 5.92 Å². The number of piperidine rings is 1. The Balaban J connectivity index is 1.45. The number of aromatic nitrogens is 1. The maximum atomic E-state index is 12.6. The first-order valence-electron chi connectivity index (χ1n) is 9.52. The molecule has 1 aliphatic rings. The monoisotopic (exact) mass is 433 g/mol. The minimum absolute atomic E-state index is 0.0909.